The van der Waals surface area contributed by atoms with Crippen LogP contribution < -0.4 is 0 Å². The molecule has 0 radical (unpaired) electrons. The molecule has 0 fully saturated rings. The molecule has 0 spiro atoms. The Hall–Kier alpha value is -2.54. The molecule has 32 heavy (non-hydrogen) atoms. The van der Waals surface area contributed by atoms with Crippen molar-refractivity contribution in [3.63, 3.8) is 0 Å². The standard InChI is InChI=1S/C27H33NO4/c1-19(26(31)22-11-7-4-8-12-22)28(2)17-24(30)25(21-9-5-3-6-10-21)27(32)23-15-13-20(18-29)14-16-23/h3-16,19,24-27,29-32H,17-18H2,1-2H3/t19-,24+,25+,26-,27-/m0/s1. The van der Waals surface area contributed by atoms with Gasteiger partial charge in [0.25, 0.3) is 0 Å². The van der Waals surface area contributed by atoms with E-state index in [-0.39, 0.29) is 19.2 Å². The molecule has 0 saturated carbocycles. The molecule has 3 rings (SSSR count). The molecule has 170 valence electrons. The number of benzene rings is 3. The van der Waals surface area contributed by atoms with Crippen molar-refractivity contribution < 1.29 is 20.4 Å². The number of nitrogens with zero attached hydrogens (tertiary/aromatic N) is 1. The molecular formula is C27H33NO4. The first-order chi connectivity index (χ1) is 15.4. The minimum atomic E-state index is -0.928. The van der Waals surface area contributed by atoms with Gasteiger partial charge in [-0.25, -0.2) is 0 Å². The molecule has 3 aromatic rings. The maximum atomic E-state index is 11.2. The Bertz CT molecular complexity index is 933. The quantitative estimate of drug-likeness (QED) is 0.392. The van der Waals surface area contributed by atoms with Crippen LogP contribution in [-0.4, -0.2) is 51.1 Å². The molecule has 0 saturated heterocycles. The molecule has 0 unspecified atom stereocenters. The zero-order valence-electron chi connectivity index (χ0n) is 18.6. The Morgan fingerprint density at radius 3 is 1.72 bits per heavy atom. The Morgan fingerprint density at radius 2 is 1.19 bits per heavy atom. The highest BCUT2D eigenvalue weighted by Gasteiger charge is 2.32. The fraction of sp³-hybridized carbons (Fsp3) is 0.333. The molecule has 0 amide bonds. The lowest BCUT2D eigenvalue weighted by molar-refractivity contribution is 0.00650. The molecule has 0 bridgehead atoms. The van der Waals surface area contributed by atoms with E-state index < -0.39 is 24.2 Å². The maximum Gasteiger partial charge on any atom is 0.0942 e. The van der Waals surface area contributed by atoms with Crippen LogP contribution in [0.4, 0.5) is 0 Å². The zero-order chi connectivity index (χ0) is 23.1. The number of rotatable bonds is 10. The van der Waals surface area contributed by atoms with Crippen LogP contribution in [0.2, 0.25) is 0 Å². The van der Waals surface area contributed by atoms with E-state index >= 15 is 0 Å². The van der Waals surface area contributed by atoms with Crippen molar-refractivity contribution in [3.8, 4) is 0 Å². The summed E-state index contributed by atoms with van der Waals surface area (Å²) in [4.78, 5) is 1.92. The lowest BCUT2D eigenvalue weighted by atomic mass is 9.84. The summed E-state index contributed by atoms with van der Waals surface area (Å²) in [5.74, 6) is -0.556. The number of likely N-dealkylation sites (N-methyl/N-ethyl adjacent to an activating group) is 1. The fourth-order valence-corrected chi connectivity index (χ4v) is 4.06. The smallest absolute Gasteiger partial charge is 0.0942 e. The van der Waals surface area contributed by atoms with Gasteiger partial charge in [-0.15, -0.1) is 0 Å². The Balaban J connectivity index is 1.79. The zero-order valence-corrected chi connectivity index (χ0v) is 18.6. The molecule has 0 aliphatic rings. The van der Waals surface area contributed by atoms with Crippen LogP contribution in [0, 0.1) is 0 Å². The average Bonchev–Trinajstić information content (AvgIpc) is 2.84. The van der Waals surface area contributed by atoms with Crippen LogP contribution in [0.25, 0.3) is 0 Å². The van der Waals surface area contributed by atoms with Crippen LogP contribution in [0.1, 0.15) is 47.3 Å². The van der Waals surface area contributed by atoms with Crippen molar-refractivity contribution in [2.75, 3.05) is 13.6 Å². The predicted molar refractivity (Wildman–Crippen MR) is 126 cm³/mol. The van der Waals surface area contributed by atoms with Crippen LogP contribution in [0.5, 0.6) is 0 Å². The summed E-state index contributed by atoms with van der Waals surface area (Å²) >= 11 is 0. The summed E-state index contributed by atoms with van der Waals surface area (Å²) in [7, 11) is 1.87. The lowest BCUT2D eigenvalue weighted by Crippen LogP contribution is -2.42. The Morgan fingerprint density at radius 1 is 0.688 bits per heavy atom. The fourth-order valence-electron chi connectivity index (χ4n) is 4.06. The third-order valence-electron chi connectivity index (χ3n) is 6.21. The predicted octanol–water partition coefficient (Wildman–Crippen LogP) is 3.41. The SMILES string of the molecule is C[C@@H]([C@H](O)c1ccccc1)N(C)C[C@@H](O)[C@@H](c1ccccc1)[C@@H](O)c1ccc(CO)cc1. The summed E-state index contributed by atoms with van der Waals surface area (Å²) < 4.78 is 0. The summed E-state index contributed by atoms with van der Waals surface area (Å²) in [6, 6.07) is 25.8. The first-order valence-electron chi connectivity index (χ1n) is 11.0. The minimum Gasteiger partial charge on any atom is -0.392 e. The number of hydrogen-bond acceptors (Lipinski definition) is 5. The van der Waals surface area contributed by atoms with E-state index in [0.29, 0.717) is 5.56 Å². The normalized spacial score (nSPS) is 16.3. The summed E-state index contributed by atoms with van der Waals surface area (Å²) in [5.41, 5.74) is 3.10. The van der Waals surface area contributed by atoms with Gasteiger partial charge in [-0.05, 0) is 36.2 Å². The highest BCUT2D eigenvalue weighted by molar-refractivity contribution is 5.30. The van der Waals surface area contributed by atoms with Crippen molar-refractivity contribution in [2.24, 2.45) is 0 Å². The molecule has 0 aliphatic carbocycles. The second kappa shape index (κ2) is 11.4. The summed E-state index contributed by atoms with van der Waals surface area (Å²) in [6.07, 6.45) is -2.50. The molecule has 4 N–H and O–H groups in total. The first-order valence-corrected chi connectivity index (χ1v) is 11.0. The molecule has 5 nitrogen and oxygen atoms in total. The molecule has 0 heterocycles. The number of aliphatic hydroxyl groups is 4. The highest BCUT2D eigenvalue weighted by atomic mass is 16.3. The van der Waals surface area contributed by atoms with Gasteiger partial charge in [-0.2, -0.15) is 0 Å². The van der Waals surface area contributed by atoms with Gasteiger partial charge in [0, 0.05) is 18.5 Å². The second-order valence-corrected chi connectivity index (χ2v) is 8.38. The maximum absolute atomic E-state index is 11.2. The van der Waals surface area contributed by atoms with E-state index in [2.05, 4.69) is 0 Å². The summed E-state index contributed by atoms with van der Waals surface area (Å²) in [5, 5.41) is 42.5. The number of hydrogen-bond donors (Lipinski definition) is 4. The van der Waals surface area contributed by atoms with Crippen molar-refractivity contribution in [1.29, 1.82) is 0 Å². The third kappa shape index (κ3) is 5.82. The van der Waals surface area contributed by atoms with Crippen molar-refractivity contribution in [3.05, 3.63) is 107 Å². The van der Waals surface area contributed by atoms with Gasteiger partial charge in [0.1, 0.15) is 0 Å². The van der Waals surface area contributed by atoms with E-state index in [1.807, 2.05) is 79.5 Å². The Kier molecular flexibility index (Phi) is 8.56. The Labute approximate surface area is 190 Å². The largest absolute Gasteiger partial charge is 0.392 e. The number of aliphatic hydroxyl groups excluding tert-OH is 4. The van der Waals surface area contributed by atoms with E-state index in [9.17, 15) is 20.4 Å². The van der Waals surface area contributed by atoms with Crippen molar-refractivity contribution in [2.45, 2.75) is 43.8 Å². The molecular weight excluding hydrogens is 402 g/mol. The van der Waals surface area contributed by atoms with E-state index in [0.717, 1.165) is 16.7 Å². The van der Waals surface area contributed by atoms with Crippen molar-refractivity contribution >= 4 is 0 Å². The topological polar surface area (TPSA) is 84.2 Å². The van der Waals surface area contributed by atoms with Gasteiger partial charge >= 0.3 is 0 Å². The third-order valence-corrected chi connectivity index (χ3v) is 6.21. The van der Waals surface area contributed by atoms with Gasteiger partial charge in [0.05, 0.1) is 24.9 Å². The molecule has 3 aromatic carbocycles. The van der Waals surface area contributed by atoms with Gasteiger partial charge in [0.15, 0.2) is 0 Å². The van der Waals surface area contributed by atoms with E-state index in [1.54, 1.807) is 24.3 Å². The molecule has 0 aromatic heterocycles. The van der Waals surface area contributed by atoms with Gasteiger partial charge in [-0.3, -0.25) is 4.90 Å². The second-order valence-electron chi connectivity index (χ2n) is 8.38. The van der Waals surface area contributed by atoms with Gasteiger partial charge in [-0.1, -0.05) is 84.9 Å². The molecule has 5 heteroatoms. The molecule has 0 aliphatic heterocycles. The highest BCUT2D eigenvalue weighted by Crippen LogP contribution is 2.35. The van der Waals surface area contributed by atoms with Crippen LogP contribution in [0.15, 0.2) is 84.9 Å². The van der Waals surface area contributed by atoms with E-state index in [4.69, 9.17) is 0 Å². The van der Waals surface area contributed by atoms with Crippen LogP contribution in [-0.2, 0) is 6.61 Å². The van der Waals surface area contributed by atoms with Gasteiger partial charge in [0.2, 0.25) is 0 Å². The monoisotopic (exact) mass is 435 g/mol. The lowest BCUT2D eigenvalue weighted by Gasteiger charge is -2.35. The minimum absolute atomic E-state index is 0.0620. The molecule has 5 atom stereocenters. The van der Waals surface area contributed by atoms with E-state index in [1.165, 1.54) is 0 Å². The van der Waals surface area contributed by atoms with Crippen molar-refractivity contribution in [1.82, 2.24) is 4.90 Å². The van der Waals surface area contributed by atoms with Crippen LogP contribution in [0.3, 0.4) is 0 Å². The van der Waals surface area contributed by atoms with Gasteiger partial charge < -0.3 is 20.4 Å². The average molecular weight is 436 g/mol. The first kappa shape index (κ1) is 24.1. The summed E-state index contributed by atoms with van der Waals surface area (Å²) in [6.45, 7) is 2.13. The van der Waals surface area contributed by atoms with Crippen LogP contribution >= 0.6 is 0 Å².